The molecule has 15 heteroatoms. The molecule has 0 aromatic carbocycles. The summed E-state index contributed by atoms with van der Waals surface area (Å²) in [6.07, 6.45) is -3.95. The van der Waals surface area contributed by atoms with Crippen LogP contribution >= 0.6 is 0 Å². The maximum absolute atomic E-state index is 12.7. The van der Waals surface area contributed by atoms with Gasteiger partial charge in [0.15, 0.2) is 6.10 Å². The largest absolute Gasteiger partial charge is 0.463 e. The standard InChI is InChI=1S/C20H33NO13S/c1-6-7-21(12-28-8-9-30-35(5,26)27)20(25)34-18-10-16(31-14(3)23)19(32-15(4)24)17(33-18)11-29-13(2)22/h16-19H,6-12H2,1-5H3/t16-,17-,18+,19-/m1/s1. The van der Waals surface area contributed by atoms with E-state index < -0.39 is 58.7 Å². The van der Waals surface area contributed by atoms with E-state index >= 15 is 0 Å². The van der Waals surface area contributed by atoms with Crippen LogP contribution in [0.1, 0.15) is 40.5 Å². The molecule has 0 aliphatic carbocycles. The van der Waals surface area contributed by atoms with Gasteiger partial charge < -0.3 is 28.4 Å². The zero-order chi connectivity index (χ0) is 26.6. The van der Waals surface area contributed by atoms with Gasteiger partial charge in [0, 0.05) is 27.3 Å². The van der Waals surface area contributed by atoms with Crippen molar-refractivity contribution in [3.05, 3.63) is 0 Å². The maximum atomic E-state index is 12.7. The van der Waals surface area contributed by atoms with Crippen molar-refractivity contribution in [2.75, 3.05) is 39.4 Å². The fraction of sp³-hybridized carbons (Fsp3) is 0.800. The molecule has 0 aromatic heterocycles. The first-order valence-electron chi connectivity index (χ1n) is 10.8. The molecule has 0 saturated carbocycles. The summed E-state index contributed by atoms with van der Waals surface area (Å²) in [6.45, 7) is 4.68. The molecule has 0 N–H and O–H groups in total. The van der Waals surface area contributed by atoms with Crippen molar-refractivity contribution in [1.82, 2.24) is 4.90 Å². The van der Waals surface area contributed by atoms with E-state index in [9.17, 15) is 27.6 Å². The average molecular weight is 528 g/mol. The molecule has 4 atom stereocenters. The lowest BCUT2D eigenvalue weighted by atomic mass is 10.0. The molecule has 35 heavy (non-hydrogen) atoms. The van der Waals surface area contributed by atoms with Gasteiger partial charge in [-0.3, -0.25) is 23.5 Å². The van der Waals surface area contributed by atoms with Gasteiger partial charge in [-0.1, -0.05) is 6.92 Å². The Bertz CT molecular complexity index is 831. The first-order valence-corrected chi connectivity index (χ1v) is 12.6. The second-order valence-electron chi connectivity index (χ2n) is 7.57. The lowest BCUT2D eigenvalue weighted by Crippen LogP contribution is -2.55. The lowest BCUT2D eigenvalue weighted by Gasteiger charge is -2.39. The van der Waals surface area contributed by atoms with Crippen molar-refractivity contribution in [2.24, 2.45) is 0 Å². The number of carbonyl (C=O) groups is 4. The highest BCUT2D eigenvalue weighted by Crippen LogP contribution is 2.27. The van der Waals surface area contributed by atoms with Gasteiger partial charge in [-0.05, 0) is 6.42 Å². The molecular weight excluding hydrogens is 494 g/mol. The first-order chi connectivity index (χ1) is 16.3. The number of carbonyl (C=O) groups excluding carboxylic acids is 4. The highest BCUT2D eigenvalue weighted by Gasteiger charge is 2.45. The molecule has 14 nitrogen and oxygen atoms in total. The van der Waals surface area contributed by atoms with Crippen LogP contribution in [0.5, 0.6) is 0 Å². The van der Waals surface area contributed by atoms with Crippen LogP contribution in [0.3, 0.4) is 0 Å². The molecule has 0 aromatic rings. The molecule has 1 heterocycles. The van der Waals surface area contributed by atoms with Gasteiger partial charge >= 0.3 is 24.0 Å². The normalized spacial score (nSPS) is 22.1. The van der Waals surface area contributed by atoms with Crippen molar-refractivity contribution in [1.29, 1.82) is 0 Å². The topological polar surface area (TPSA) is 170 Å². The van der Waals surface area contributed by atoms with Crippen LogP contribution in [0, 0.1) is 0 Å². The van der Waals surface area contributed by atoms with E-state index in [1.54, 1.807) is 0 Å². The highest BCUT2D eigenvalue weighted by molar-refractivity contribution is 7.85. The van der Waals surface area contributed by atoms with Crippen molar-refractivity contribution < 1.29 is 60.2 Å². The molecule has 0 spiro atoms. The SMILES string of the molecule is CCCN(COCCOS(C)(=O)=O)C(=O)O[C@H]1C[C@@H](OC(C)=O)[C@@H](OC(C)=O)[C@@H](COC(C)=O)O1. The summed E-state index contributed by atoms with van der Waals surface area (Å²) >= 11 is 0. The molecule has 1 saturated heterocycles. The van der Waals surface area contributed by atoms with Crippen molar-refractivity contribution in [2.45, 2.75) is 65.1 Å². The summed E-state index contributed by atoms with van der Waals surface area (Å²) in [5.74, 6) is -1.96. The van der Waals surface area contributed by atoms with E-state index in [2.05, 4.69) is 4.18 Å². The molecule has 0 bridgehead atoms. The van der Waals surface area contributed by atoms with E-state index in [-0.39, 0.29) is 39.5 Å². The van der Waals surface area contributed by atoms with Crippen LogP contribution in [0.15, 0.2) is 0 Å². The third-order valence-electron chi connectivity index (χ3n) is 4.31. The Labute approximate surface area is 204 Å². The van der Waals surface area contributed by atoms with Crippen molar-refractivity contribution in [3.63, 3.8) is 0 Å². The zero-order valence-corrected chi connectivity index (χ0v) is 21.2. The van der Waals surface area contributed by atoms with Crippen LogP contribution in [0.4, 0.5) is 4.79 Å². The monoisotopic (exact) mass is 527 g/mol. The summed E-state index contributed by atoms with van der Waals surface area (Å²) in [5.41, 5.74) is 0. The number of esters is 3. The fourth-order valence-electron chi connectivity index (χ4n) is 3.06. The summed E-state index contributed by atoms with van der Waals surface area (Å²) in [5, 5.41) is 0. The lowest BCUT2D eigenvalue weighted by molar-refractivity contribution is -0.254. The molecule has 0 unspecified atom stereocenters. The number of rotatable bonds is 13. The van der Waals surface area contributed by atoms with E-state index in [1.165, 1.54) is 11.8 Å². The van der Waals surface area contributed by atoms with Gasteiger partial charge in [-0.15, -0.1) is 0 Å². The second-order valence-corrected chi connectivity index (χ2v) is 9.22. The van der Waals surface area contributed by atoms with Crippen molar-refractivity contribution in [3.8, 4) is 0 Å². The molecule has 202 valence electrons. The van der Waals surface area contributed by atoms with Crippen LogP contribution in [-0.2, 0) is 57.1 Å². The predicted molar refractivity (Wildman–Crippen MR) is 116 cm³/mol. The Kier molecular flexibility index (Phi) is 12.9. The molecule has 1 aliphatic heterocycles. The minimum absolute atomic E-state index is 0.0937. The third kappa shape index (κ3) is 12.7. The molecule has 1 fully saturated rings. The zero-order valence-electron chi connectivity index (χ0n) is 20.4. The van der Waals surface area contributed by atoms with Crippen LogP contribution < -0.4 is 0 Å². The van der Waals surface area contributed by atoms with Crippen LogP contribution in [0.2, 0.25) is 0 Å². The minimum atomic E-state index is -3.61. The first kappa shape index (κ1) is 30.5. The Hall–Kier alpha value is -2.49. The van der Waals surface area contributed by atoms with E-state index in [0.717, 1.165) is 20.1 Å². The van der Waals surface area contributed by atoms with E-state index in [0.29, 0.717) is 6.42 Å². The maximum Gasteiger partial charge on any atom is 0.413 e. The Morgan fingerprint density at radius 2 is 1.63 bits per heavy atom. The molecular formula is C20H33NO13S. The van der Waals surface area contributed by atoms with Crippen LogP contribution in [-0.4, -0.2) is 101 Å². The number of ether oxygens (including phenoxy) is 6. The average Bonchev–Trinajstić information content (AvgIpc) is 2.71. The number of hydrogen-bond acceptors (Lipinski definition) is 13. The van der Waals surface area contributed by atoms with Gasteiger partial charge in [-0.2, -0.15) is 8.42 Å². The number of hydrogen-bond donors (Lipinski definition) is 0. The van der Waals surface area contributed by atoms with Gasteiger partial charge in [0.05, 0.1) is 25.9 Å². The van der Waals surface area contributed by atoms with E-state index in [1.807, 2.05) is 6.92 Å². The summed E-state index contributed by atoms with van der Waals surface area (Å²) in [6, 6.07) is 0. The molecule has 1 amide bonds. The smallest absolute Gasteiger partial charge is 0.413 e. The van der Waals surface area contributed by atoms with Gasteiger partial charge in [0.1, 0.15) is 25.5 Å². The van der Waals surface area contributed by atoms with Crippen molar-refractivity contribution >= 4 is 34.1 Å². The second kappa shape index (κ2) is 14.8. The van der Waals surface area contributed by atoms with Gasteiger partial charge in [0.25, 0.3) is 10.1 Å². The summed E-state index contributed by atoms with van der Waals surface area (Å²) < 4.78 is 58.4. The number of nitrogens with zero attached hydrogens (tertiary/aromatic N) is 1. The highest BCUT2D eigenvalue weighted by atomic mass is 32.2. The fourth-order valence-corrected chi connectivity index (χ4v) is 3.43. The Morgan fingerprint density at radius 3 is 2.17 bits per heavy atom. The molecule has 0 radical (unpaired) electrons. The predicted octanol–water partition coefficient (Wildman–Crippen LogP) is 0.327. The molecule has 1 rings (SSSR count). The number of amides is 1. The summed E-state index contributed by atoms with van der Waals surface area (Å²) in [7, 11) is -3.61. The quantitative estimate of drug-likeness (QED) is 0.106. The summed E-state index contributed by atoms with van der Waals surface area (Å²) in [4.78, 5) is 48.4. The van der Waals surface area contributed by atoms with Crippen LogP contribution in [0.25, 0.3) is 0 Å². The molecule has 1 aliphatic rings. The third-order valence-corrected chi connectivity index (χ3v) is 4.91. The Balaban J connectivity index is 2.86. The minimum Gasteiger partial charge on any atom is -0.463 e. The Morgan fingerprint density at radius 1 is 0.971 bits per heavy atom. The van der Waals surface area contributed by atoms with Gasteiger partial charge in [-0.25, -0.2) is 4.79 Å². The van der Waals surface area contributed by atoms with Gasteiger partial charge in [0.2, 0.25) is 6.29 Å². The van der Waals surface area contributed by atoms with E-state index in [4.69, 9.17) is 28.4 Å².